The van der Waals surface area contributed by atoms with E-state index in [1.54, 1.807) is 0 Å². The highest BCUT2D eigenvalue weighted by Crippen LogP contribution is 1.60. The molecule has 0 unspecified atom stereocenters. The van der Waals surface area contributed by atoms with Crippen LogP contribution in [-0.2, 0) is 9.59 Å². The summed E-state index contributed by atoms with van der Waals surface area (Å²) in [6.45, 7) is -0.193. The summed E-state index contributed by atoms with van der Waals surface area (Å²) in [5, 5.41) is 5.11. The van der Waals surface area contributed by atoms with E-state index in [-0.39, 0.29) is 6.54 Å². The molecule has 2 amide bonds. The van der Waals surface area contributed by atoms with Crippen LogP contribution in [0.3, 0.4) is 0 Å². The molecule has 7 heteroatoms. The van der Waals surface area contributed by atoms with Crippen molar-refractivity contribution in [1.82, 2.24) is 10.7 Å². The molecule has 6 N–H and O–H groups in total. The summed E-state index contributed by atoms with van der Waals surface area (Å²) in [6, 6.07) is 0. The molecular formula is C4H9N5O2. The molecule has 0 aromatic carbocycles. The van der Waals surface area contributed by atoms with Crippen LogP contribution in [-0.4, -0.2) is 24.6 Å². The Morgan fingerprint density at radius 1 is 1.55 bits per heavy atom. The van der Waals surface area contributed by atoms with Crippen molar-refractivity contribution in [1.29, 1.82) is 0 Å². The van der Waals surface area contributed by atoms with E-state index in [9.17, 15) is 9.59 Å². The highest BCUT2D eigenvalue weighted by molar-refractivity contribution is 6.26. The van der Waals surface area contributed by atoms with E-state index in [4.69, 9.17) is 5.84 Å². The number of hydrazine groups is 1. The molecule has 0 aliphatic rings. The molecule has 62 valence electrons. The number of carbonyl (C=O) groups is 2. The molecule has 0 heterocycles. The van der Waals surface area contributed by atoms with Crippen molar-refractivity contribution in [3.8, 4) is 0 Å². The Morgan fingerprint density at radius 2 is 2.18 bits per heavy atom. The molecule has 7 nitrogen and oxygen atoms in total. The van der Waals surface area contributed by atoms with Gasteiger partial charge in [-0.3, -0.25) is 15.0 Å². The third-order valence-corrected chi connectivity index (χ3v) is 0.776. The second-order valence-corrected chi connectivity index (χ2v) is 1.56. The van der Waals surface area contributed by atoms with Crippen LogP contribution in [0.2, 0.25) is 0 Å². The molecular weight excluding hydrogens is 150 g/mol. The highest BCUT2D eigenvalue weighted by atomic mass is 16.2. The summed E-state index contributed by atoms with van der Waals surface area (Å²) in [5.41, 5.74) is 1.83. The smallest absolute Gasteiger partial charge is 0.264 e. The van der Waals surface area contributed by atoms with Gasteiger partial charge in [0.05, 0.1) is 6.54 Å². The van der Waals surface area contributed by atoms with Gasteiger partial charge >= 0.3 is 0 Å². The van der Waals surface area contributed by atoms with E-state index < -0.39 is 11.8 Å². The Morgan fingerprint density at radius 3 is 2.64 bits per heavy atom. The lowest BCUT2D eigenvalue weighted by Crippen LogP contribution is -2.40. The van der Waals surface area contributed by atoms with Crippen molar-refractivity contribution < 1.29 is 9.59 Å². The van der Waals surface area contributed by atoms with Gasteiger partial charge in [0.1, 0.15) is 6.21 Å². The topological polar surface area (TPSA) is 123 Å². The van der Waals surface area contributed by atoms with E-state index >= 15 is 0 Å². The molecule has 0 aromatic rings. The Hall–Kier alpha value is -1.63. The maximum Gasteiger partial charge on any atom is 0.264 e. The lowest BCUT2D eigenvalue weighted by molar-refractivity contribution is -0.123. The van der Waals surface area contributed by atoms with Crippen molar-refractivity contribution >= 4 is 18.0 Å². The molecule has 0 atom stereocenters. The molecule has 0 aliphatic heterocycles. The number of carbonyl (C=O) groups excluding carboxylic acids is 2. The van der Waals surface area contributed by atoms with Crippen LogP contribution in [0.4, 0.5) is 0 Å². The molecule has 0 rings (SSSR count). The van der Waals surface area contributed by atoms with Gasteiger partial charge in [0.2, 0.25) is 0 Å². The number of hydrogen-bond donors (Lipinski definition) is 4. The summed E-state index contributed by atoms with van der Waals surface area (Å²) < 4.78 is 0. The highest BCUT2D eigenvalue weighted by Gasteiger charge is 1.99. The third kappa shape index (κ3) is 4.85. The number of hydrazone groups is 1. The zero-order valence-electron chi connectivity index (χ0n) is 5.70. The maximum absolute atomic E-state index is 10.5. The van der Waals surface area contributed by atoms with E-state index in [0.717, 1.165) is 6.21 Å². The fourth-order valence-electron chi connectivity index (χ4n) is 0.332. The molecule has 0 radical (unpaired) electrons. The molecule has 0 bridgehead atoms. The first-order chi connectivity index (χ1) is 5.20. The average Bonchev–Trinajstić information content (AvgIpc) is 2.01. The van der Waals surface area contributed by atoms with Crippen LogP contribution in [0.5, 0.6) is 0 Å². The zero-order valence-corrected chi connectivity index (χ0v) is 5.70. The second-order valence-electron chi connectivity index (χ2n) is 1.56. The third-order valence-electron chi connectivity index (χ3n) is 0.776. The van der Waals surface area contributed by atoms with Gasteiger partial charge in [-0.2, -0.15) is 5.10 Å². The van der Waals surface area contributed by atoms with Gasteiger partial charge in [0.25, 0.3) is 11.8 Å². The standard InChI is InChI=1S/C4H9N5O2/c5-8-2-3(10)7-1-4(11)9-6/h2H,1,5-6H2,(H,7,10)(H,9,11)/b8-2+. The van der Waals surface area contributed by atoms with E-state index in [2.05, 4.69) is 16.3 Å². The van der Waals surface area contributed by atoms with E-state index in [1.165, 1.54) is 0 Å². The minimum absolute atomic E-state index is 0.193. The molecule has 0 saturated carbocycles. The average molecular weight is 159 g/mol. The van der Waals surface area contributed by atoms with Crippen molar-refractivity contribution in [3.63, 3.8) is 0 Å². The fourth-order valence-corrected chi connectivity index (χ4v) is 0.332. The van der Waals surface area contributed by atoms with Gasteiger partial charge in [-0.15, -0.1) is 0 Å². The SMILES string of the molecule is N/N=C/C(=O)NCC(=O)NN. The number of hydrogen-bond acceptors (Lipinski definition) is 5. The Bertz CT molecular complexity index is 177. The predicted molar refractivity (Wildman–Crippen MR) is 38.0 cm³/mol. The summed E-state index contributed by atoms with van der Waals surface area (Å²) >= 11 is 0. The summed E-state index contributed by atoms with van der Waals surface area (Å²) in [5.74, 6) is 8.33. The lowest BCUT2D eigenvalue weighted by Gasteiger charge is -1.98. The maximum atomic E-state index is 10.5. The van der Waals surface area contributed by atoms with E-state index in [1.807, 2.05) is 5.43 Å². The van der Waals surface area contributed by atoms with Gasteiger partial charge < -0.3 is 11.2 Å². The normalized spacial score (nSPS) is 9.55. The minimum atomic E-state index is -0.545. The number of nitrogens with one attached hydrogen (secondary N) is 2. The largest absolute Gasteiger partial charge is 0.342 e. The van der Waals surface area contributed by atoms with Gasteiger partial charge in [-0.25, -0.2) is 5.84 Å². The van der Waals surface area contributed by atoms with Crippen molar-refractivity contribution in [2.75, 3.05) is 6.54 Å². The van der Waals surface area contributed by atoms with Crippen LogP contribution in [0.1, 0.15) is 0 Å². The molecule has 0 saturated heterocycles. The first kappa shape index (κ1) is 9.37. The molecule has 11 heavy (non-hydrogen) atoms. The van der Waals surface area contributed by atoms with Crippen molar-refractivity contribution in [2.24, 2.45) is 16.8 Å². The zero-order chi connectivity index (χ0) is 8.69. The minimum Gasteiger partial charge on any atom is -0.342 e. The Kier molecular flexibility index (Phi) is 4.41. The van der Waals surface area contributed by atoms with Crippen molar-refractivity contribution in [3.05, 3.63) is 0 Å². The first-order valence-corrected chi connectivity index (χ1v) is 2.71. The second kappa shape index (κ2) is 5.18. The van der Waals surface area contributed by atoms with Gasteiger partial charge in [0.15, 0.2) is 0 Å². The lowest BCUT2D eigenvalue weighted by atomic mass is 10.5. The summed E-state index contributed by atoms with van der Waals surface area (Å²) in [4.78, 5) is 20.9. The van der Waals surface area contributed by atoms with Gasteiger partial charge in [-0.1, -0.05) is 0 Å². The number of nitrogens with two attached hydrogens (primary N) is 2. The first-order valence-electron chi connectivity index (χ1n) is 2.71. The van der Waals surface area contributed by atoms with Gasteiger partial charge in [-0.05, 0) is 0 Å². The molecule has 0 spiro atoms. The van der Waals surface area contributed by atoms with Crippen LogP contribution in [0.15, 0.2) is 5.10 Å². The van der Waals surface area contributed by atoms with Crippen LogP contribution in [0.25, 0.3) is 0 Å². The van der Waals surface area contributed by atoms with E-state index in [0.29, 0.717) is 0 Å². The molecule has 0 aromatic heterocycles. The fraction of sp³-hybridized carbons (Fsp3) is 0.250. The summed E-state index contributed by atoms with van der Waals surface area (Å²) in [6.07, 6.45) is 0.851. The summed E-state index contributed by atoms with van der Waals surface area (Å²) in [7, 11) is 0. The van der Waals surface area contributed by atoms with Crippen molar-refractivity contribution in [2.45, 2.75) is 0 Å². The monoisotopic (exact) mass is 159 g/mol. The van der Waals surface area contributed by atoms with Crippen LogP contribution >= 0.6 is 0 Å². The number of amides is 2. The van der Waals surface area contributed by atoms with Gasteiger partial charge in [0, 0.05) is 0 Å². The Balaban J connectivity index is 3.54. The van der Waals surface area contributed by atoms with Crippen LogP contribution < -0.4 is 22.4 Å². The molecule has 0 fully saturated rings. The quantitative estimate of drug-likeness (QED) is 0.152. The number of nitrogens with zero attached hydrogens (tertiary/aromatic N) is 1. The predicted octanol–water partition coefficient (Wildman–Crippen LogP) is -2.96. The number of rotatable bonds is 3. The van der Waals surface area contributed by atoms with Crippen LogP contribution in [0, 0.1) is 0 Å². The molecule has 0 aliphatic carbocycles. The Labute approximate surface area is 62.8 Å².